The summed E-state index contributed by atoms with van der Waals surface area (Å²) in [6, 6.07) is 10.8. The molecule has 1 aliphatic heterocycles. The summed E-state index contributed by atoms with van der Waals surface area (Å²) in [6.45, 7) is 1.69. The van der Waals surface area contributed by atoms with Crippen molar-refractivity contribution in [2.45, 2.75) is 18.6 Å². The molecule has 2 aromatic heterocycles. The van der Waals surface area contributed by atoms with Gasteiger partial charge in [-0.25, -0.2) is 4.68 Å². The van der Waals surface area contributed by atoms with E-state index in [9.17, 15) is 4.79 Å². The van der Waals surface area contributed by atoms with Crippen molar-refractivity contribution in [1.82, 2.24) is 20.1 Å². The van der Waals surface area contributed by atoms with Crippen LogP contribution in [-0.2, 0) is 11.3 Å². The van der Waals surface area contributed by atoms with E-state index in [1.165, 1.54) is 4.68 Å². The molecule has 7 nitrogen and oxygen atoms in total. The third kappa shape index (κ3) is 3.92. The molecule has 0 saturated carbocycles. The van der Waals surface area contributed by atoms with Crippen molar-refractivity contribution in [3.05, 3.63) is 63.3 Å². The maximum Gasteiger partial charge on any atom is 0.267 e. The van der Waals surface area contributed by atoms with E-state index < -0.39 is 0 Å². The number of methoxy groups -OCH3 is 1. The van der Waals surface area contributed by atoms with Crippen molar-refractivity contribution >= 4 is 11.3 Å². The monoisotopic (exact) mass is 384 g/mol. The smallest absolute Gasteiger partial charge is 0.267 e. The van der Waals surface area contributed by atoms with Crippen LogP contribution in [0.2, 0.25) is 0 Å². The normalized spacial score (nSPS) is 19.3. The molecule has 1 aromatic carbocycles. The van der Waals surface area contributed by atoms with Crippen molar-refractivity contribution in [1.29, 1.82) is 0 Å². The number of benzene rings is 1. The Balaban J connectivity index is 1.59. The van der Waals surface area contributed by atoms with Crippen molar-refractivity contribution in [2.24, 2.45) is 0 Å². The van der Waals surface area contributed by atoms with Gasteiger partial charge in [-0.15, -0.1) is 11.3 Å². The lowest BCUT2D eigenvalue weighted by atomic mass is 10.1. The second-order valence-corrected chi connectivity index (χ2v) is 7.26. The van der Waals surface area contributed by atoms with Gasteiger partial charge in [-0.1, -0.05) is 12.1 Å². The van der Waals surface area contributed by atoms with Gasteiger partial charge in [-0.05, 0) is 18.2 Å². The number of nitrogens with one attached hydrogen (secondary N) is 1. The topological polar surface area (TPSA) is 78.3 Å². The van der Waals surface area contributed by atoms with Crippen LogP contribution >= 0.6 is 11.3 Å². The maximum atomic E-state index is 12.5. The summed E-state index contributed by atoms with van der Waals surface area (Å²) in [5.41, 5.74) is 3.29. The summed E-state index contributed by atoms with van der Waals surface area (Å²) in [4.78, 5) is 17.7. The van der Waals surface area contributed by atoms with Gasteiger partial charge in [-0.3, -0.25) is 9.78 Å². The third-order valence-electron chi connectivity index (χ3n) is 4.58. The fourth-order valence-electron chi connectivity index (χ4n) is 3.14. The first-order valence-electron chi connectivity index (χ1n) is 8.67. The Bertz CT molecular complexity index is 958. The number of hydrogen-bond donors (Lipinski definition) is 1. The van der Waals surface area contributed by atoms with Gasteiger partial charge in [0, 0.05) is 29.2 Å². The van der Waals surface area contributed by atoms with Crippen LogP contribution in [0.3, 0.4) is 0 Å². The molecule has 27 heavy (non-hydrogen) atoms. The summed E-state index contributed by atoms with van der Waals surface area (Å²) in [7, 11) is 1.63. The molecule has 2 atom stereocenters. The number of aromatic nitrogens is 3. The minimum absolute atomic E-state index is 0.0119. The Kier molecular flexibility index (Phi) is 5.28. The molecule has 1 N–H and O–H groups in total. The zero-order valence-electron chi connectivity index (χ0n) is 14.9. The van der Waals surface area contributed by atoms with Gasteiger partial charge in [0.2, 0.25) is 0 Å². The number of ether oxygens (including phenoxy) is 2. The van der Waals surface area contributed by atoms with E-state index in [1.54, 1.807) is 30.6 Å². The van der Waals surface area contributed by atoms with Crippen molar-refractivity contribution in [3.63, 3.8) is 0 Å². The minimum Gasteiger partial charge on any atom is -0.497 e. The average Bonchev–Trinajstić information content (AvgIpc) is 3.38. The Labute approximate surface area is 160 Å². The highest BCUT2D eigenvalue weighted by Crippen LogP contribution is 2.23. The summed E-state index contributed by atoms with van der Waals surface area (Å²) >= 11 is 1.60. The molecule has 8 heteroatoms. The molecule has 1 saturated heterocycles. The van der Waals surface area contributed by atoms with Gasteiger partial charge in [0.1, 0.15) is 5.75 Å². The van der Waals surface area contributed by atoms with Gasteiger partial charge in [0.15, 0.2) is 0 Å². The first kappa shape index (κ1) is 17.8. The highest BCUT2D eigenvalue weighted by molar-refractivity contribution is 7.09. The van der Waals surface area contributed by atoms with Gasteiger partial charge >= 0.3 is 0 Å². The number of thiazole rings is 1. The first-order valence-corrected chi connectivity index (χ1v) is 9.55. The van der Waals surface area contributed by atoms with Crippen LogP contribution in [-0.4, -0.2) is 41.1 Å². The summed E-state index contributed by atoms with van der Waals surface area (Å²) in [5.74, 6) is 0.750. The second-order valence-electron chi connectivity index (χ2n) is 6.29. The SMILES string of the molecule is COc1cccc(-c2ccc(=O)n(C3COCC3NCc3cncs3)n2)c1. The quantitative estimate of drug-likeness (QED) is 0.701. The molecule has 4 rings (SSSR count). The van der Waals surface area contributed by atoms with Crippen LogP contribution < -0.4 is 15.6 Å². The van der Waals surface area contributed by atoms with E-state index in [0.29, 0.717) is 19.8 Å². The maximum absolute atomic E-state index is 12.5. The van der Waals surface area contributed by atoms with E-state index in [-0.39, 0.29) is 17.6 Å². The lowest BCUT2D eigenvalue weighted by Gasteiger charge is -2.20. The lowest BCUT2D eigenvalue weighted by Crippen LogP contribution is -2.41. The van der Waals surface area contributed by atoms with E-state index in [4.69, 9.17) is 9.47 Å². The van der Waals surface area contributed by atoms with Crippen molar-refractivity contribution in [3.8, 4) is 17.0 Å². The van der Waals surface area contributed by atoms with Crippen molar-refractivity contribution < 1.29 is 9.47 Å². The van der Waals surface area contributed by atoms with Gasteiger partial charge in [0.25, 0.3) is 5.56 Å². The zero-order chi connectivity index (χ0) is 18.6. The fraction of sp³-hybridized carbons (Fsp3) is 0.316. The van der Waals surface area contributed by atoms with Crippen LogP contribution in [0, 0.1) is 0 Å². The zero-order valence-corrected chi connectivity index (χ0v) is 15.7. The third-order valence-corrected chi connectivity index (χ3v) is 5.36. The van der Waals surface area contributed by atoms with E-state index in [0.717, 1.165) is 21.9 Å². The van der Waals surface area contributed by atoms with Crippen molar-refractivity contribution in [2.75, 3.05) is 20.3 Å². The molecule has 1 fully saturated rings. The molecule has 0 amide bonds. The van der Waals surface area contributed by atoms with Crippen LogP contribution in [0.1, 0.15) is 10.9 Å². The molecular weight excluding hydrogens is 364 g/mol. The van der Waals surface area contributed by atoms with Gasteiger partial charge < -0.3 is 14.8 Å². The fourth-order valence-corrected chi connectivity index (χ4v) is 3.68. The molecule has 3 aromatic rings. The molecule has 0 spiro atoms. The molecular formula is C19H20N4O3S. The predicted octanol–water partition coefficient (Wildman–Crippen LogP) is 2.11. The molecule has 0 radical (unpaired) electrons. The van der Waals surface area contributed by atoms with Crippen LogP contribution in [0.15, 0.2) is 52.9 Å². The number of hydrogen-bond acceptors (Lipinski definition) is 7. The first-order chi connectivity index (χ1) is 13.2. The molecule has 0 bridgehead atoms. The second kappa shape index (κ2) is 7.99. The van der Waals surface area contributed by atoms with E-state index >= 15 is 0 Å². The van der Waals surface area contributed by atoms with Crippen LogP contribution in [0.5, 0.6) is 5.75 Å². The predicted molar refractivity (Wildman–Crippen MR) is 103 cm³/mol. The molecule has 3 heterocycles. The highest BCUT2D eigenvalue weighted by Gasteiger charge is 2.31. The molecule has 2 unspecified atom stereocenters. The Morgan fingerprint density at radius 1 is 1.33 bits per heavy atom. The summed E-state index contributed by atoms with van der Waals surface area (Å²) < 4.78 is 12.5. The average molecular weight is 384 g/mol. The van der Waals surface area contributed by atoms with E-state index in [1.807, 2.05) is 36.0 Å². The van der Waals surface area contributed by atoms with E-state index in [2.05, 4.69) is 15.4 Å². The molecule has 140 valence electrons. The van der Waals surface area contributed by atoms with Gasteiger partial charge in [-0.2, -0.15) is 5.10 Å². The summed E-state index contributed by atoms with van der Waals surface area (Å²) in [6.07, 6.45) is 1.84. The minimum atomic E-state index is -0.157. The lowest BCUT2D eigenvalue weighted by molar-refractivity contribution is 0.181. The Morgan fingerprint density at radius 2 is 2.26 bits per heavy atom. The number of rotatable bonds is 6. The summed E-state index contributed by atoms with van der Waals surface area (Å²) in [5, 5.41) is 8.08. The molecule has 1 aliphatic rings. The van der Waals surface area contributed by atoms with Crippen LogP contribution in [0.25, 0.3) is 11.3 Å². The Hall–Kier alpha value is -2.55. The Morgan fingerprint density at radius 3 is 3.07 bits per heavy atom. The largest absolute Gasteiger partial charge is 0.497 e. The highest BCUT2D eigenvalue weighted by atomic mass is 32.1. The van der Waals surface area contributed by atoms with Crippen LogP contribution in [0.4, 0.5) is 0 Å². The number of nitrogens with zero attached hydrogens (tertiary/aromatic N) is 3. The standard InChI is InChI=1S/C19H20N4O3S/c1-25-14-4-2-3-13(7-14)16-5-6-19(24)23(22-16)18-11-26-10-17(18)21-9-15-8-20-12-27-15/h2-8,12,17-18,21H,9-11H2,1H3. The van der Waals surface area contributed by atoms with Gasteiger partial charge in [0.05, 0.1) is 43.6 Å². The molecule has 0 aliphatic carbocycles.